The highest BCUT2D eigenvalue weighted by molar-refractivity contribution is 7.91. The third-order valence-electron chi connectivity index (χ3n) is 3.71. The number of piperazine rings is 1. The first-order chi connectivity index (χ1) is 11.0. The fourth-order valence-electron chi connectivity index (χ4n) is 2.44. The molecule has 2 aromatic rings. The van der Waals surface area contributed by atoms with Gasteiger partial charge in [0.25, 0.3) is 10.0 Å². The van der Waals surface area contributed by atoms with Gasteiger partial charge in [0.2, 0.25) is 0 Å². The first kappa shape index (κ1) is 16.6. The van der Waals surface area contributed by atoms with Crippen molar-refractivity contribution in [1.82, 2.24) is 9.21 Å². The molecule has 0 saturated carbocycles. The molecule has 0 spiro atoms. The third kappa shape index (κ3) is 3.64. The van der Waals surface area contributed by atoms with Crippen LogP contribution in [0.5, 0.6) is 0 Å². The molecule has 6 nitrogen and oxygen atoms in total. The molecule has 1 aliphatic heterocycles. The highest BCUT2D eigenvalue weighted by Crippen LogP contribution is 2.25. The lowest BCUT2D eigenvalue weighted by molar-refractivity contribution is 0.0697. The van der Waals surface area contributed by atoms with Crippen molar-refractivity contribution in [1.29, 1.82) is 0 Å². The summed E-state index contributed by atoms with van der Waals surface area (Å²) < 4.78 is 26.7. The molecule has 0 unspecified atom stereocenters. The molecule has 0 radical (unpaired) electrons. The van der Waals surface area contributed by atoms with Crippen LogP contribution in [0.2, 0.25) is 0 Å². The summed E-state index contributed by atoms with van der Waals surface area (Å²) >= 11 is 2.66. The van der Waals surface area contributed by atoms with Crippen molar-refractivity contribution in [3.8, 4) is 0 Å². The maximum absolute atomic E-state index is 12.6. The van der Waals surface area contributed by atoms with E-state index in [0.29, 0.717) is 26.2 Å². The van der Waals surface area contributed by atoms with Crippen LogP contribution in [-0.4, -0.2) is 54.9 Å². The van der Waals surface area contributed by atoms with Crippen LogP contribution < -0.4 is 0 Å². The number of carbonyl (C=O) groups is 1. The van der Waals surface area contributed by atoms with Crippen LogP contribution in [0.4, 0.5) is 0 Å². The van der Waals surface area contributed by atoms with E-state index in [2.05, 4.69) is 11.0 Å². The molecule has 1 saturated heterocycles. The lowest BCUT2D eigenvalue weighted by Gasteiger charge is -2.33. The number of hydrogen-bond acceptors (Lipinski definition) is 6. The average molecular weight is 372 g/mol. The van der Waals surface area contributed by atoms with Gasteiger partial charge in [-0.05, 0) is 17.5 Å². The van der Waals surface area contributed by atoms with E-state index >= 15 is 0 Å². The minimum Gasteiger partial charge on any atom is -0.478 e. The fraction of sp³-hybridized carbons (Fsp3) is 0.357. The van der Waals surface area contributed by atoms with Crippen molar-refractivity contribution in [3.63, 3.8) is 0 Å². The average Bonchev–Trinajstić information content (AvgIpc) is 3.19. The number of aromatic carboxylic acids is 1. The second-order valence-electron chi connectivity index (χ2n) is 5.22. The zero-order chi connectivity index (χ0) is 16.4. The molecular formula is C14H16N2O4S3. The summed E-state index contributed by atoms with van der Waals surface area (Å²) in [6, 6.07) is 5.32. The summed E-state index contributed by atoms with van der Waals surface area (Å²) in [7, 11) is -3.60. The molecule has 1 fully saturated rings. The van der Waals surface area contributed by atoms with Gasteiger partial charge in [0.15, 0.2) is 0 Å². The monoisotopic (exact) mass is 372 g/mol. The van der Waals surface area contributed by atoms with Gasteiger partial charge in [-0.3, -0.25) is 4.90 Å². The van der Waals surface area contributed by atoms with E-state index in [4.69, 9.17) is 5.11 Å². The number of rotatable bonds is 5. The van der Waals surface area contributed by atoms with Crippen LogP contribution in [0.25, 0.3) is 0 Å². The minimum absolute atomic E-state index is 0.0184. The minimum atomic E-state index is -3.60. The summed E-state index contributed by atoms with van der Waals surface area (Å²) in [4.78, 5) is 14.4. The Morgan fingerprint density at radius 3 is 2.52 bits per heavy atom. The van der Waals surface area contributed by atoms with Gasteiger partial charge in [0.1, 0.15) is 4.21 Å². The molecule has 3 heterocycles. The second kappa shape index (κ2) is 6.70. The van der Waals surface area contributed by atoms with E-state index in [-0.39, 0.29) is 9.77 Å². The molecular weight excluding hydrogens is 356 g/mol. The predicted octanol–water partition coefficient (Wildman–Crippen LogP) is 2.01. The summed E-state index contributed by atoms with van der Waals surface area (Å²) in [6.07, 6.45) is 0. The third-order valence-corrected chi connectivity index (χ3v) is 7.88. The highest BCUT2D eigenvalue weighted by Gasteiger charge is 2.30. The number of hydrogen-bond donors (Lipinski definition) is 1. The lowest BCUT2D eigenvalue weighted by Crippen LogP contribution is -2.47. The molecule has 124 valence electrons. The first-order valence-corrected chi connectivity index (χ1v) is 10.2. The molecule has 1 N–H and O–H groups in total. The Kier molecular flexibility index (Phi) is 4.83. The van der Waals surface area contributed by atoms with Gasteiger partial charge in [-0.1, -0.05) is 6.07 Å². The SMILES string of the molecule is O=C(O)c1csc(S(=O)(=O)N2CCN(Cc3cccs3)CC2)c1. The van der Waals surface area contributed by atoms with Crippen LogP contribution >= 0.6 is 22.7 Å². The predicted molar refractivity (Wildman–Crippen MR) is 89.6 cm³/mol. The number of nitrogens with zero attached hydrogens (tertiary/aromatic N) is 2. The Labute approximate surface area is 142 Å². The van der Waals surface area contributed by atoms with Crippen molar-refractivity contribution >= 4 is 38.7 Å². The lowest BCUT2D eigenvalue weighted by atomic mass is 10.3. The summed E-state index contributed by atoms with van der Waals surface area (Å²) in [5, 5.41) is 12.3. The van der Waals surface area contributed by atoms with Gasteiger partial charge in [0, 0.05) is 43.0 Å². The number of carboxylic acids is 1. The smallest absolute Gasteiger partial charge is 0.336 e. The molecule has 0 aliphatic carbocycles. The number of sulfonamides is 1. The first-order valence-electron chi connectivity index (χ1n) is 7.03. The van der Waals surface area contributed by atoms with E-state index < -0.39 is 16.0 Å². The fourth-order valence-corrected chi connectivity index (χ4v) is 5.92. The van der Waals surface area contributed by atoms with E-state index in [0.717, 1.165) is 17.9 Å². The molecule has 0 aromatic carbocycles. The normalized spacial score (nSPS) is 17.4. The Balaban J connectivity index is 1.64. The Morgan fingerprint density at radius 1 is 1.22 bits per heavy atom. The van der Waals surface area contributed by atoms with Gasteiger partial charge in [-0.15, -0.1) is 22.7 Å². The van der Waals surface area contributed by atoms with Crippen molar-refractivity contribution in [2.45, 2.75) is 10.8 Å². The Morgan fingerprint density at radius 2 is 1.96 bits per heavy atom. The molecule has 0 bridgehead atoms. The van der Waals surface area contributed by atoms with Crippen LogP contribution in [0.3, 0.4) is 0 Å². The quantitative estimate of drug-likeness (QED) is 0.869. The zero-order valence-electron chi connectivity index (χ0n) is 12.2. The molecule has 0 atom stereocenters. The van der Waals surface area contributed by atoms with Crippen molar-refractivity contribution in [3.05, 3.63) is 39.4 Å². The highest BCUT2D eigenvalue weighted by atomic mass is 32.2. The van der Waals surface area contributed by atoms with Crippen LogP contribution in [0.15, 0.2) is 33.2 Å². The summed E-state index contributed by atoms with van der Waals surface area (Å²) in [6.45, 7) is 3.04. The van der Waals surface area contributed by atoms with Gasteiger partial charge >= 0.3 is 5.97 Å². The van der Waals surface area contributed by atoms with Crippen LogP contribution in [0.1, 0.15) is 15.2 Å². The standard InChI is InChI=1S/C14H16N2O4S3/c17-14(18)11-8-13(22-10-11)23(19,20)16-5-3-15(4-6-16)9-12-2-1-7-21-12/h1-2,7-8,10H,3-6,9H2,(H,17,18). The molecule has 23 heavy (non-hydrogen) atoms. The van der Waals surface area contributed by atoms with E-state index in [1.807, 2.05) is 11.4 Å². The van der Waals surface area contributed by atoms with Gasteiger partial charge in [-0.2, -0.15) is 4.31 Å². The second-order valence-corrected chi connectivity index (χ2v) is 9.33. The molecule has 9 heteroatoms. The Bertz CT molecular complexity index is 775. The van der Waals surface area contributed by atoms with Crippen LogP contribution in [0, 0.1) is 0 Å². The van der Waals surface area contributed by atoms with E-state index in [9.17, 15) is 13.2 Å². The van der Waals surface area contributed by atoms with Gasteiger partial charge in [0.05, 0.1) is 5.56 Å². The number of thiophene rings is 2. The maximum atomic E-state index is 12.6. The molecule has 3 rings (SSSR count). The summed E-state index contributed by atoms with van der Waals surface area (Å²) in [5.41, 5.74) is 0.0184. The number of carboxylic acid groups (broad SMARTS) is 1. The molecule has 2 aromatic heterocycles. The van der Waals surface area contributed by atoms with Crippen molar-refractivity contribution in [2.24, 2.45) is 0 Å². The topological polar surface area (TPSA) is 77.9 Å². The Hall–Kier alpha value is -1.26. The van der Waals surface area contributed by atoms with Crippen LogP contribution in [-0.2, 0) is 16.6 Å². The molecule has 1 aliphatic rings. The van der Waals surface area contributed by atoms with Crippen molar-refractivity contribution < 1.29 is 18.3 Å². The van der Waals surface area contributed by atoms with Crippen molar-refractivity contribution in [2.75, 3.05) is 26.2 Å². The van der Waals surface area contributed by atoms with Gasteiger partial charge in [-0.25, -0.2) is 13.2 Å². The van der Waals surface area contributed by atoms with E-state index in [1.54, 1.807) is 11.3 Å². The largest absolute Gasteiger partial charge is 0.478 e. The summed E-state index contributed by atoms with van der Waals surface area (Å²) in [5.74, 6) is -1.11. The van der Waals surface area contributed by atoms with E-state index in [1.165, 1.54) is 20.6 Å². The maximum Gasteiger partial charge on any atom is 0.336 e. The van der Waals surface area contributed by atoms with Gasteiger partial charge < -0.3 is 5.11 Å². The molecule has 0 amide bonds. The zero-order valence-corrected chi connectivity index (χ0v) is 14.7.